The number of sulfone groups is 1. The van der Waals surface area contributed by atoms with Gasteiger partial charge in [0.1, 0.15) is 11.3 Å². The Balaban J connectivity index is 1.61. The Labute approximate surface area is 234 Å². The lowest BCUT2D eigenvalue weighted by atomic mass is 9.94. The van der Waals surface area contributed by atoms with E-state index in [0.29, 0.717) is 22.1 Å². The van der Waals surface area contributed by atoms with Crippen LogP contribution >= 0.6 is 11.3 Å². The molecule has 0 saturated heterocycles. The van der Waals surface area contributed by atoms with Crippen molar-refractivity contribution in [3.8, 4) is 11.3 Å². The average Bonchev–Trinajstić information content (AvgIpc) is 3.62. The van der Waals surface area contributed by atoms with Gasteiger partial charge in [-0.05, 0) is 43.0 Å². The van der Waals surface area contributed by atoms with E-state index in [9.17, 15) is 8.42 Å². The molecule has 39 heavy (non-hydrogen) atoms. The molecule has 1 unspecified atom stereocenters. The quantitative estimate of drug-likeness (QED) is 0.219. The van der Waals surface area contributed by atoms with Gasteiger partial charge >= 0.3 is 0 Å². The summed E-state index contributed by atoms with van der Waals surface area (Å²) < 4.78 is 34.6. The van der Waals surface area contributed by atoms with Gasteiger partial charge in [-0.25, -0.2) is 8.42 Å². The molecule has 3 heterocycles. The highest BCUT2D eigenvalue weighted by Gasteiger charge is 2.36. The second-order valence-corrected chi connectivity index (χ2v) is 13.3. The van der Waals surface area contributed by atoms with E-state index in [1.165, 1.54) is 9.75 Å². The summed E-state index contributed by atoms with van der Waals surface area (Å²) in [5, 5.41) is 0.951. The largest absolute Gasteiger partial charge is 0.455 e. The van der Waals surface area contributed by atoms with Crippen LogP contribution in [0.2, 0.25) is 0 Å². The summed E-state index contributed by atoms with van der Waals surface area (Å²) in [5.74, 6) is 1.13. The topological polar surface area (TPSA) is 47.3 Å². The molecule has 2 aromatic heterocycles. The standard InChI is InChI=1S/C34H32O3S2/c1-3-13-29-26(21-30(38-29)23-15-7-5-8-16-23)34-33(25-19-11-12-20-28(25)37-34)27-22-32(24-17-9-6-10-18-24)39(35,36)31(27)14-4-2/h5-12,15,17-23H,3-4,13-14,16H2,1-2H3. The Morgan fingerprint density at radius 2 is 1.72 bits per heavy atom. The van der Waals surface area contributed by atoms with E-state index in [1.807, 2.05) is 72.9 Å². The number of hydrogen-bond acceptors (Lipinski definition) is 4. The van der Waals surface area contributed by atoms with E-state index >= 15 is 0 Å². The molecule has 0 radical (unpaired) electrons. The zero-order valence-electron chi connectivity index (χ0n) is 22.3. The van der Waals surface area contributed by atoms with Crippen LogP contribution in [0.15, 0.2) is 100 Å². The molecule has 198 valence electrons. The monoisotopic (exact) mass is 552 g/mol. The average molecular weight is 553 g/mol. The number of rotatable bonds is 8. The van der Waals surface area contributed by atoms with Crippen molar-refractivity contribution in [2.24, 2.45) is 0 Å². The Bertz CT molecular complexity index is 1760. The van der Waals surface area contributed by atoms with Crippen LogP contribution in [0.25, 0.3) is 32.8 Å². The van der Waals surface area contributed by atoms with Gasteiger partial charge in [-0.2, -0.15) is 0 Å². The van der Waals surface area contributed by atoms with Crippen molar-refractivity contribution in [2.75, 3.05) is 0 Å². The number of hydrogen-bond donors (Lipinski definition) is 0. The van der Waals surface area contributed by atoms with Gasteiger partial charge in [0.25, 0.3) is 0 Å². The molecule has 0 bridgehead atoms. The minimum absolute atomic E-state index is 0.350. The van der Waals surface area contributed by atoms with Crippen molar-refractivity contribution < 1.29 is 12.8 Å². The van der Waals surface area contributed by atoms with Gasteiger partial charge in [0, 0.05) is 37.8 Å². The second kappa shape index (κ2) is 10.6. The van der Waals surface area contributed by atoms with Gasteiger partial charge < -0.3 is 4.42 Å². The first kappa shape index (κ1) is 25.8. The number of benzene rings is 2. The number of fused-ring (bicyclic) bond motifs is 1. The van der Waals surface area contributed by atoms with E-state index in [2.05, 4.69) is 43.4 Å². The Kier molecular flexibility index (Phi) is 7.05. The molecular weight excluding hydrogens is 521 g/mol. The van der Waals surface area contributed by atoms with E-state index in [-0.39, 0.29) is 0 Å². The fourth-order valence-corrected chi connectivity index (χ4v) is 8.91. The van der Waals surface area contributed by atoms with Gasteiger partial charge in [-0.15, -0.1) is 11.3 Å². The maximum Gasteiger partial charge on any atom is 0.204 e. The molecule has 2 aromatic carbocycles. The molecule has 1 atom stereocenters. The minimum Gasteiger partial charge on any atom is -0.455 e. The van der Waals surface area contributed by atoms with E-state index in [1.54, 1.807) is 0 Å². The lowest BCUT2D eigenvalue weighted by Crippen LogP contribution is -2.03. The molecule has 4 aromatic rings. The summed E-state index contributed by atoms with van der Waals surface area (Å²) in [6.07, 6.45) is 14.8. The van der Waals surface area contributed by atoms with Gasteiger partial charge in [0.15, 0.2) is 0 Å². The molecule has 2 aliphatic rings. The lowest BCUT2D eigenvalue weighted by molar-refractivity contribution is 0.610. The summed E-state index contributed by atoms with van der Waals surface area (Å²) in [4.78, 5) is 3.48. The van der Waals surface area contributed by atoms with Crippen LogP contribution in [-0.4, -0.2) is 8.42 Å². The predicted molar refractivity (Wildman–Crippen MR) is 164 cm³/mol. The van der Waals surface area contributed by atoms with Crippen LogP contribution in [0.5, 0.6) is 0 Å². The van der Waals surface area contributed by atoms with Crippen LogP contribution in [0, 0.1) is 0 Å². The molecule has 5 heteroatoms. The van der Waals surface area contributed by atoms with Crippen LogP contribution in [0.1, 0.15) is 66.3 Å². The van der Waals surface area contributed by atoms with Crippen LogP contribution < -0.4 is 0 Å². The van der Waals surface area contributed by atoms with Gasteiger partial charge in [-0.1, -0.05) is 99.5 Å². The van der Waals surface area contributed by atoms with Gasteiger partial charge in [0.05, 0.1) is 9.81 Å². The van der Waals surface area contributed by atoms with Crippen LogP contribution in [-0.2, 0) is 16.3 Å². The summed E-state index contributed by atoms with van der Waals surface area (Å²) >= 11 is 1.86. The Morgan fingerprint density at radius 1 is 0.949 bits per heavy atom. The molecule has 0 saturated carbocycles. The zero-order chi connectivity index (χ0) is 27.0. The van der Waals surface area contributed by atoms with Crippen molar-refractivity contribution in [3.63, 3.8) is 0 Å². The number of allylic oxidation sites excluding steroid dienone is 7. The van der Waals surface area contributed by atoms with Crippen molar-refractivity contribution in [1.82, 2.24) is 0 Å². The number of para-hydroxylation sites is 1. The van der Waals surface area contributed by atoms with Crippen molar-refractivity contribution in [1.29, 1.82) is 0 Å². The minimum atomic E-state index is -3.63. The fraction of sp³-hybridized carbons (Fsp3) is 0.235. The number of furan rings is 1. The highest BCUT2D eigenvalue weighted by atomic mass is 32.2. The third kappa shape index (κ3) is 4.58. The van der Waals surface area contributed by atoms with Gasteiger partial charge in [-0.3, -0.25) is 0 Å². The smallest absolute Gasteiger partial charge is 0.204 e. The third-order valence-electron chi connectivity index (χ3n) is 7.49. The fourth-order valence-electron chi connectivity index (χ4n) is 5.65. The zero-order valence-corrected chi connectivity index (χ0v) is 23.9. The van der Waals surface area contributed by atoms with Crippen molar-refractivity contribution >= 4 is 42.6 Å². The van der Waals surface area contributed by atoms with Gasteiger partial charge in [0.2, 0.25) is 9.84 Å². The van der Waals surface area contributed by atoms with E-state index in [4.69, 9.17) is 4.42 Å². The second-order valence-electron chi connectivity index (χ2n) is 10.2. The third-order valence-corrected chi connectivity index (χ3v) is 10.8. The molecule has 1 aliphatic heterocycles. The first-order valence-corrected chi connectivity index (χ1v) is 16.1. The summed E-state index contributed by atoms with van der Waals surface area (Å²) in [7, 11) is -3.63. The molecule has 6 rings (SSSR count). The number of thiophene rings is 1. The normalized spacial score (nSPS) is 18.3. The Morgan fingerprint density at radius 3 is 2.46 bits per heavy atom. The predicted octanol–water partition coefficient (Wildman–Crippen LogP) is 9.69. The molecule has 0 fully saturated rings. The molecule has 1 aliphatic carbocycles. The maximum absolute atomic E-state index is 14.0. The molecular formula is C34H32O3S2. The summed E-state index contributed by atoms with van der Waals surface area (Å²) in [6, 6.07) is 19.7. The molecule has 0 spiro atoms. The van der Waals surface area contributed by atoms with Crippen LogP contribution in [0.3, 0.4) is 0 Å². The molecule has 3 nitrogen and oxygen atoms in total. The number of aryl methyl sites for hydroxylation is 1. The van der Waals surface area contributed by atoms with E-state index < -0.39 is 9.84 Å². The lowest BCUT2D eigenvalue weighted by Gasteiger charge is -2.10. The van der Waals surface area contributed by atoms with Crippen LogP contribution in [0.4, 0.5) is 0 Å². The SMILES string of the molecule is CCCC1=C(c2c(-c3cc(C4C=CC=CC4)sc3CCC)oc3ccccc23)C=C(c2ccccc2)S1(=O)=O. The van der Waals surface area contributed by atoms with E-state index in [0.717, 1.165) is 64.7 Å². The maximum atomic E-state index is 14.0. The highest BCUT2D eigenvalue weighted by molar-refractivity contribution is 8.04. The first-order chi connectivity index (χ1) is 19.0. The van der Waals surface area contributed by atoms with Crippen molar-refractivity contribution in [2.45, 2.75) is 51.9 Å². The highest BCUT2D eigenvalue weighted by Crippen LogP contribution is 2.50. The Hall–Kier alpha value is -3.41. The van der Waals surface area contributed by atoms with Crippen molar-refractivity contribution in [3.05, 3.63) is 117 Å². The molecule has 0 N–H and O–H groups in total. The first-order valence-electron chi connectivity index (χ1n) is 13.8. The molecule has 0 amide bonds. The summed E-state index contributed by atoms with van der Waals surface area (Å²) in [6.45, 7) is 4.23. The summed E-state index contributed by atoms with van der Waals surface area (Å²) in [5.41, 5.74) is 4.25.